The van der Waals surface area contributed by atoms with Crippen LogP contribution in [0.2, 0.25) is 0 Å². The van der Waals surface area contributed by atoms with Gasteiger partial charge in [0.25, 0.3) is 5.56 Å². The summed E-state index contributed by atoms with van der Waals surface area (Å²) in [5.74, 6) is 0.685. The highest BCUT2D eigenvalue weighted by Gasteiger charge is 2.05. The van der Waals surface area contributed by atoms with E-state index in [0.717, 1.165) is 22.3 Å². The van der Waals surface area contributed by atoms with Gasteiger partial charge >= 0.3 is 0 Å². The van der Waals surface area contributed by atoms with Crippen molar-refractivity contribution >= 4 is 10.9 Å². The summed E-state index contributed by atoms with van der Waals surface area (Å²) < 4.78 is 2.06. The third-order valence-electron chi connectivity index (χ3n) is 4.12. The normalized spacial score (nSPS) is 10.4. The van der Waals surface area contributed by atoms with Crippen LogP contribution in [0.25, 0.3) is 16.6 Å². The Morgan fingerprint density at radius 2 is 1.69 bits per heavy atom. The van der Waals surface area contributed by atoms with Crippen molar-refractivity contribution in [2.24, 2.45) is 0 Å². The molecule has 4 aromatic rings. The zero-order chi connectivity index (χ0) is 18.5. The van der Waals surface area contributed by atoms with Crippen LogP contribution in [0.4, 0.5) is 0 Å². The van der Waals surface area contributed by atoms with Crippen molar-refractivity contribution in [3.8, 4) is 5.69 Å². The lowest BCUT2D eigenvalue weighted by Crippen LogP contribution is -2.12. The molecule has 2 heterocycles. The molecular weight excluding hydrogens is 322 g/mol. The molecule has 1 N–H and O–H groups in total. The highest BCUT2D eigenvalue weighted by Crippen LogP contribution is 2.14. The van der Waals surface area contributed by atoms with Crippen LogP contribution >= 0.6 is 0 Å². The fourth-order valence-corrected chi connectivity index (χ4v) is 2.87. The largest absolute Gasteiger partial charge is 0.324 e. The first-order valence-electron chi connectivity index (χ1n) is 8.91. The van der Waals surface area contributed by atoms with Crippen LogP contribution in [0, 0.1) is 6.92 Å². The molecule has 4 nitrogen and oxygen atoms in total. The maximum absolute atomic E-state index is 12.3. The summed E-state index contributed by atoms with van der Waals surface area (Å²) in [6.45, 7) is 5.97. The van der Waals surface area contributed by atoms with E-state index in [9.17, 15) is 4.79 Å². The number of benzene rings is 2. The smallest absolute Gasteiger partial charge is 0.258 e. The number of fused-ring (bicyclic) bond motifs is 1. The quantitative estimate of drug-likeness (QED) is 0.588. The Morgan fingerprint density at radius 1 is 1.00 bits per heavy atom. The number of H-pyrrole nitrogens is 1. The van der Waals surface area contributed by atoms with Crippen LogP contribution < -0.4 is 5.56 Å². The number of hydrogen-bond donors (Lipinski definition) is 1. The standard InChI is InChI=1S/C20H17N3O.C2H6/c1-14-4-9-18-17(12-14)20(24)22-19(21-18)13-15-5-7-16(8-6-15)23-10-2-3-11-23;1-2/h2-12H,13H2,1H3,(H,21,22,24);1-2H3. The summed E-state index contributed by atoms with van der Waals surface area (Å²) in [5.41, 5.74) is 3.94. The zero-order valence-corrected chi connectivity index (χ0v) is 15.4. The van der Waals surface area contributed by atoms with E-state index in [4.69, 9.17) is 0 Å². The van der Waals surface area contributed by atoms with Crippen molar-refractivity contribution < 1.29 is 0 Å². The fraction of sp³-hybridized carbons (Fsp3) is 0.182. The molecule has 132 valence electrons. The third-order valence-corrected chi connectivity index (χ3v) is 4.12. The van der Waals surface area contributed by atoms with Gasteiger partial charge in [0, 0.05) is 24.5 Å². The second-order valence-electron chi connectivity index (χ2n) is 5.97. The Kier molecular flexibility index (Phi) is 5.32. The van der Waals surface area contributed by atoms with E-state index >= 15 is 0 Å². The van der Waals surface area contributed by atoms with Gasteiger partial charge in [0.15, 0.2) is 0 Å². The molecule has 0 atom stereocenters. The molecule has 0 aliphatic heterocycles. The maximum Gasteiger partial charge on any atom is 0.258 e. The van der Waals surface area contributed by atoms with Gasteiger partial charge in [-0.05, 0) is 48.9 Å². The lowest BCUT2D eigenvalue weighted by atomic mass is 10.1. The summed E-state index contributed by atoms with van der Waals surface area (Å²) in [6, 6.07) is 18.0. The number of aromatic amines is 1. The van der Waals surface area contributed by atoms with Crippen LogP contribution in [0.5, 0.6) is 0 Å². The molecule has 0 radical (unpaired) electrons. The minimum absolute atomic E-state index is 0.0809. The molecule has 0 fully saturated rings. The van der Waals surface area contributed by atoms with E-state index in [2.05, 4.69) is 38.8 Å². The number of aromatic nitrogens is 3. The number of nitrogens with one attached hydrogen (secondary N) is 1. The van der Waals surface area contributed by atoms with E-state index in [1.54, 1.807) is 0 Å². The minimum atomic E-state index is -0.0809. The average molecular weight is 345 g/mol. The molecule has 0 spiro atoms. The van der Waals surface area contributed by atoms with Gasteiger partial charge in [-0.1, -0.05) is 37.6 Å². The molecule has 0 aliphatic rings. The van der Waals surface area contributed by atoms with Gasteiger partial charge < -0.3 is 9.55 Å². The predicted molar refractivity (Wildman–Crippen MR) is 107 cm³/mol. The van der Waals surface area contributed by atoms with Crippen molar-refractivity contribution in [2.45, 2.75) is 27.2 Å². The molecular formula is C22H23N3O. The second-order valence-corrected chi connectivity index (χ2v) is 5.97. The Labute approximate surface area is 153 Å². The van der Waals surface area contributed by atoms with Crippen LogP contribution in [-0.4, -0.2) is 14.5 Å². The summed E-state index contributed by atoms with van der Waals surface area (Å²) in [4.78, 5) is 19.7. The highest BCUT2D eigenvalue weighted by molar-refractivity contribution is 5.78. The molecule has 0 unspecified atom stereocenters. The molecule has 0 amide bonds. The predicted octanol–water partition coefficient (Wildman–Crippen LogP) is 4.64. The number of aryl methyl sites for hydroxylation is 1. The Hall–Kier alpha value is -3.14. The maximum atomic E-state index is 12.3. The Morgan fingerprint density at radius 3 is 2.38 bits per heavy atom. The van der Waals surface area contributed by atoms with E-state index in [0.29, 0.717) is 17.6 Å². The summed E-state index contributed by atoms with van der Waals surface area (Å²) in [7, 11) is 0. The first-order valence-corrected chi connectivity index (χ1v) is 8.91. The first-order chi connectivity index (χ1) is 12.7. The molecule has 0 saturated carbocycles. The van der Waals surface area contributed by atoms with Gasteiger partial charge in [-0.3, -0.25) is 4.79 Å². The van der Waals surface area contributed by atoms with Crippen LogP contribution in [0.3, 0.4) is 0 Å². The topological polar surface area (TPSA) is 50.7 Å². The van der Waals surface area contributed by atoms with Crippen molar-refractivity contribution in [3.05, 3.63) is 94.3 Å². The van der Waals surface area contributed by atoms with Crippen molar-refractivity contribution in [3.63, 3.8) is 0 Å². The minimum Gasteiger partial charge on any atom is -0.324 e. The fourth-order valence-electron chi connectivity index (χ4n) is 2.87. The first kappa shape index (κ1) is 17.7. The van der Waals surface area contributed by atoms with Crippen molar-refractivity contribution in [1.82, 2.24) is 14.5 Å². The van der Waals surface area contributed by atoms with E-state index in [1.165, 1.54) is 0 Å². The van der Waals surface area contributed by atoms with Crippen molar-refractivity contribution in [1.29, 1.82) is 0 Å². The van der Waals surface area contributed by atoms with Crippen molar-refractivity contribution in [2.75, 3.05) is 0 Å². The summed E-state index contributed by atoms with van der Waals surface area (Å²) in [6.07, 6.45) is 4.63. The second kappa shape index (κ2) is 7.83. The van der Waals surface area contributed by atoms with E-state index in [1.807, 2.05) is 63.5 Å². The zero-order valence-electron chi connectivity index (χ0n) is 15.4. The van der Waals surface area contributed by atoms with Gasteiger partial charge in [-0.25, -0.2) is 4.98 Å². The lowest BCUT2D eigenvalue weighted by molar-refractivity contribution is 0.970. The molecule has 0 aliphatic carbocycles. The molecule has 2 aromatic carbocycles. The van der Waals surface area contributed by atoms with Gasteiger partial charge in [-0.2, -0.15) is 0 Å². The van der Waals surface area contributed by atoms with Gasteiger partial charge in [0.05, 0.1) is 10.9 Å². The molecule has 0 saturated heterocycles. The van der Waals surface area contributed by atoms with Crippen LogP contribution in [0.15, 0.2) is 71.8 Å². The SMILES string of the molecule is CC.Cc1ccc2nc(Cc3ccc(-n4cccc4)cc3)[nH]c(=O)c2c1. The monoisotopic (exact) mass is 345 g/mol. The number of rotatable bonds is 3. The molecule has 2 aromatic heterocycles. The van der Waals surface area contributed by atoms with Crippen LogP contribution in [0.1, 0.15) is 30.8 Å². The molecule has 0 bridgehead atoms. The Bertz CT molecular complexity index is 1050. The van der Waals surface area contributed by atoms with E-state index < -0.39 is 0 Å². The molecule has 4 heteroatoms. The summed E-state index contributed by atoms with van der Waals surface area (Å²) in [5, 5.41) is 0.640. The molecule has 4 rings (SSSR count). The lowest BCUT2D eigenvalue weighted by Gasteiger charge is -2.06. The van der Waals surface area contributed by atoms with Crippen LogP contribution in [-0.2, 0) is 6.42 Å². The third kappa shape index (κ3) is 3.75. The van der Waals surface area contributed by atoms with Gasteiger partial charge in [0.2, 0.25) is 0 Å². The summed E-state index contributed by atoms with van der Waals surface area (Å²) >= 11 is 0. The highest BCUT2D eigenvalue weighted by atomic mass is 16.1. The molecule has 26 heavy (non-hydrogen) atoms. The van der Waals surface area contributed by atoms with Gasteiger partial charge in [0.1, 0.15) is 5.82 Å². The number of nitrogens with zero attached hydrogens (tertiary/aromatic N) is 2. The Balaban J connectivity index is 0.000000948. The number of hydrogen-bond acceptors (Lipinski definition) is 2. The van der Waals surface area contributed by atoms with Gasteiger partial charge in [-0.15, -0.1) is 0 Å². The van der Waals surface area contributed by atoms with E-state index in [-0.39, 0.29) is 5.56 Å². The average Bonchev–Trinajstić information content (AvgIpc) is 3.19.